The Labute approximate surface area is 151 Å². The molecule has 0 aromatic carbocycles. The molecule has 0 spiro atoms. The zero-order valence-corrected chi connectivity index (χ0v) is 17.4. The third-order valence-corrected chi connectivity index (χ3v) is 6.96. The number of nitrogens with two attached hydrogens (primary N) is 2. The Morgan fingerprint density at radius 3 is 1.79 bits per heavy atom. The van der Waals surface area contributed by atoms with E-state index in [1.165, 1.54) is 0 Å². The van der Waals surface area contributed by atoms with E-state index in [9.17, 15) is 0 Å². The summed E-state index contributed by atoms with van der Waals surface area (Å²) < 4.78 is 19.1. The average Bonchev–Trinajstić information content (AvgIpc) is 2.58. The second-order valence-corrected chi connectivity index (χ2v) is 9.12. The summed E-state index contributed by atoms with van der Waals surface area (Å²) in [6.45, 7) is 9.32. The van der Waals surface area contributed by atoms with Crippen LogP contribution in [0.25, 0.3) is 0 Å². The van der Waals surface area contributed by atoms with Gasteiger partial charge in [0.05, 0.1) is 0 Å². The second-order valence-electron chi connectivity index (χ2n) is 6.44. The van der Waals surface area contributed by atoms with Crippen LogP contribution in [0.4, 0.5) is 0 Å². The van der Waals surface area contributed by atoms with Crippen LogP contribution in [0.15, 0.2) is 0 Å². The van der Waals surface area contributed by atoms with Crippen LogP contribution >= 0.6 is 0 Å². The first-order chi connectivity index (χ1) is 11.7. The van der Waals surface area contributed by atoms with Crippen LogP contribution in [0.3, 0.4) is 0 Å². The van der Waals surface area contributed by atoms with E-state index in [4.69, 9.17) is 24.7 Å². The molecule has 0 aliphatic heterocycles. The number of hydrogen-bond donors (Lipinski definition) is 2. The summed E-state index contributed by atoms with van der Waals surface area (Å²) in [5.74, 6) is 0. The lowest BCUT2D eigenvalue weighted by atomic mass is 10.1. The van der Waals surface area contributed by atoms with Gasteiger partial charge in [0.15, 0.2) is 0 Å². The van der Waals surface area contributed by atoms with Crippen LogP contribution in [-0.4, -0.2) is 41.2 Å². The summed E-state index contributed by atoms with van der Waals surface area (Å²) >= 11 is 0. The molecular formula is C18H42N2O3Si. The highest BCUT2D eigenvalue weighted by atomic mass is 28.4. The fourth-order valence-electron chi connectivity index (χ4n) is 2.56. The van der Waals surface area contributed by atoms with Crippen molar-refractivity contribution in [2.45, 2.75) is 90.7 Å². The Bertz CT molecular complexity index is 261. The van der Waals surface area contributed by atoms with Crippen LogP contribution in [0.1, 0.15) is 78.6 Å². The molecule has 1 atom stereocenters. The van der Waals surface area contributed by atoms with E-state index in [-0.39, 0.29) is 6.10 Å². The minimum atomic E-state index is -2.66. The molecule has 5 nitrogen and oxygen atoms in total. The van der Waals surface area contributed by atoms with Gasteiger partial charge in [-0.15, -0.1) is 0 Å². The predicted octanol–water partition coefficient (Wildman–Crippen LogP) is 3.83. The summed E-state index contributed by atoms with van der Waals surface area (Å²) in [6.07, 6.45) is 9.48. The van der Waals surface area contributed by atoms with E-state index in [1.807, 2.05) is 0 Å². The van der Waals surface area contributed by atoms with Crippen molar-refractivity contribution < 1.29 is 13.3 Å². The highest BCUT2D eigenvalue weighted by Crippen LogP contribution is 2.24. The summed E-state index contributed by atoms with van der Waals surface area (Å²) in [4.78, 5) is 0. The minimum absolute atomic E-state index is 0.186. The van der Waals surface area contributed by atoms with Crippen molar-refractivity contribution in [3.63, 3.8) is 0 Å². The minimum Gasteiger partial charge on any atom is -0.373 e. The maximum atomic E-state index is 6.56. The summed E-state index contributed by atoms with van der Waals surface area (Å²) in [5, 5.41) is 0. The molecule has 1 unspecified atom stereocenters. The molecule has 0 amide bonds. The molecule has 0 aliphatic rings. The number of unbranched alkanes of at least 4 members (excludes halogenated alkanes) is 2. The molecule has 146 valence electrons. The van der Waals surface area contributed by atoms with Crippen molar-refractivity contribution in [2.24, 2.45) is 11.5 Å². The standard InChI is InChI=1S/C18H42N2O3Si/c1-4-7-15-21-24(17-10-14-20,22-16-8-5-2)23-18(11-6-3)12-9-13-19/h18H,4-17,19-20H2,1-3H3. The van der Waals surface area contributed by atoms with Crippen molar-refractivity contribution in [3.05, 3.63) is 0 Å². The van der Waals surface area contributed by atoms with Crippen molar-refractivity contribution in [3.8, 4) is 0 Å². The molecule has 0 saturated heterocycles. The summed E-state index contributed by atoms with van der Waals surface area (Å²) in [6, 6.07) is 0.819. The highest BCUT2D eigenvalue weighted by molar-refractivity contribution is 6.60. The molecule has 0 rings (SSSR count). The highest BCUT2D eigenvalue weighted by Gasteiger charge is 2.42. The Hall–Kier alpha value is 0.0169. The Morgan fingerprint density at radius 1 is 0.750 bits per heavy atom. The van der Waals surface area contributed by atoms with Gasteiger partial charge < -0.3 is 24.7 Å². The lowest BCUT2D eigenvalue weighted by Crippen LogP contribution is -2.49. The zero-order valence-electron chi connectivity index (χ0n) is 16.4. The molecule has 0 heterocycles. The van der Waals surface area contributed by atoms with E-state index < -0.39 is 8.80 Å². The fourth-order valence-corrected chi connectivity index (χ4v) is 5.48. The van der Waals surface area contributed by atoms with Gasteiger partial charge in [0.2, 0.25) is 0 Å². The molecular weight excluding hydrogens is 320 g/mol. The van der Waals surface area contributed by atoms with Crippen LogP contribution in [0.5, 0.6) is 0 Å². The molecule has 0 aliphatic carbocycles. The van der Waals surface area contributed by atoms with Gasteiger partial charge in [-0.1, -0.05) is 40.0 Å². The number of rotatable bonds is 18. The Kier molecular flexibility index (Phi) is 16.5. The molecule has 4 N–H and O–H groups in total. The molecule has 0 fully saturated rings. The summed E-state index contributed by atoms with van der Waals surface area (Å²) in [5.41, 5.74) is 11.4. The SMILES string of the molecule is CCCCO[Si](CCCN)(OCCCC)OC(CCC)CCCN. The van der Waals surface area contributed by atoms with Gasteiger partial charge in [0, 0.05) is 25.4 Å². The summed E-state index contributed by atoms with van der Waals surface area (Å²) in [7, 11) is -2.66. The van der Waals surface area contributed by atoms with E-state index in [2.05, 4.69) is 20.8 Å². The van der Waals surface area contributed by atoms with Crippen LogP contribution in [0, 0.1) is 0 Å². The van der Waals surface area contributed by atoms with Crippen LogP contribution in [0.2, 0.25) is 6.04 Å². The van der Waals surface area contributed by atoms with E-state index >= 15 is 0 Å². The smallest absolute Gasteiger partial charge is 0.373 e. The Morgan fingerprint density at radius 2 is 1.33 bits per heavy atom. The van der Waals surface area contributed by atoms with E-state index in [0.29, 0.717) is 13.1 Å². The molecule has 0 radical (unpaired) electrons. The molecule has 0 aromatic heterocycles. The zero-order chi connectivity index (χ0) is 18.1. The third-order valence-electron chi connectivity index (χ3n) is 4.01. The lowest BCUT2D eigenvalue weighted by Gasteiger charge is -2.34. The molecule has 0 saturated carbocycles. The topological polar surface area (TPSA) is 79.7 Å². The molecule has 24 heavy (non-hydrogen) atoms. The quantitative estimate of drug-likeness (QED) is 0.286. The van der Waals surface area contributed by atoms with Crippen LogP contribution in [-0.2, 0) is 13.3 Å². The van der Waals surface area contributed by atoms with Gasteiger partial charge in [0.1, 0.15) is 0 Å². The first-order valence-corrected chi connectivity index (χ1v) is 12.0. The van der Waals surface area contributed by atoms with E-state index in [0.717, 1.165) is 77.0 Å². The monoisotopic (exact) mass is 362 g/mol. The van der Waals surface area contributed by atoms with Crippen molar-refractivity contribution >= 4 is 8.80 Å². The fraction of sp³-hybridized carbons (Fsp3) is 1.00. The molecule has 0 aromatic rings. The van der Waals surface area contributed by atoms with Gasteiger partial charge in [0.25, 0.3) is 0 Å². The van der Waals surface area contributed by atoms with Gasteiger partial charge in [-0.3, -0.25) is 0 Å². The van der Waals surface area contributed by atoms with E-state index in [1.54, 1.807) is 0 Å². The van der Waals surface area contributed by atoms with Crippen LogP contribution < -0.4 is 11.5 Å². The molecule has 0 bridgehead atoms. The maximum Gasteiger partial charge on any atom is 0.501 e. The predicted molar refractivity (Wildman–Crippen MR) is 104 cm³/mol. The van der Waals surface area contributed by atoms with Gasteiger partial charge in [-0.05, 0) is 51.6 Å². The number of hydrogen-bond acceptors (Lipinski definition) is 5. The first kappa shape index (κ1) is 24.0. The first-order valence-electron chi connectivity index (χ1n) is 10.0. The average molecular weight is 363 g/mol. The Balaban J connectivity index is 4.98. The largest absolute Gasteiger partial charge is 0.501 e. The molecule has 6 heteroatoms. The third kappa shape index (κ3) is 11.6. The van der Waals surface area contributed by atoms with Gasteiger partial charge in [-0.25, -0.2) is 0 Å². The normalized spacial score (nSPS) is 13.4. The van der Waals surface area contributed by atoms with Gasteiger partial charge in [-0.2, -0.15) is 0 Å². The van der Waals surface area contributed by atoms with Crippen molar-refractivity contribution in [1.29, 1.82) is 0 Å². The second kappa shape index (κ2) is 16.5. The maximum absolute atomic E-state index is 6.56. The van der Waals surface area contributed by atoms with Gasteiger partial charge >= 0.3 is 8.80 Å². The van der Waals surface area contributed by atoms with Crippen molar-refractivity contribution in [1.82, 2.24) is 0 Å². The van der Waals surface area contributed by atoms with Crippen molar-refractivity contribution in [2.75, 3.05) is 26.3 Å². The lowest BCUT2D eigenvalue weighted by molar-refractivity contribution is 0.0184.